The molecule has 0 aliphatic heterocycles. The number of nitrogens with zero attached hydrogens (tertiary/aromatic N) is 2. The van der Waals surface area contributed by atoms with Crippen molar-refractivity contribution in [3.05, 3.63) is 11.1 Å². The average molecular weight is 279 g/mol. The zero-order valence-corrected chi connectivity index (χ0v) is 12.9. The van der Waals surface area contributed by atoms with E-state index in [4.69, 9.17) is 4.98 Å². The third-order valence-corrected chi connectivity index (χ3v) is 5.00. The Balaban J connectivity index is 1.65. The Hall–Kier alpha value is -0.610. The molecule has 1 unspecified atom stereocenters. The molecule has 4 heteroatoms. The largest absolute Gasteiger partial charge is 0.348 e. The smallest absolute Gasteiger partial charge is 0.185 e. The molecule has 1 heterocycles. The molecule has 3 rings (SSSR count). The van der Waals surface area contributed by atoms with Crippen LogP contribution in [-0.2, 0) is 0 Å². The second-order valence-electron chi connectivity index (χ2n) is 6.13. The van der Waals surface area contributed by atoms with E-state index >= 15 is 0 Å². The third-order valence-electron chi connectivity index (χ3n) is 4.09. The zero-order valence-electron chi connectivity index (χ0n) is 12.1. The minimum Gasteiger partial charge on any atom is -0.348 e. The first-order valence-corrected chi connectivity index (χ1v) is 8.58. The first-order chi connectivity index (χ1) is 9.26. The van der Waals surface area contributed by atoms with E-state index in [0.717, 1.165) is 18.4 Å². The van der Waals surface area contributed by atoms with Gasteiger partial charge in [0.1, 0.15) is 0 Å². The molecule has 19 heavy (non-hydrogen) atoms. The van der Waals surface area contributed by atoms with Gasteiger partial charge in [-0.05, 0) is 51.0 Å². The van der Waals surface area contributed by atoms with Crippen LogP contribution in [0.2, 0.25) is 0 Å². The number of rotatable bonds is 8. The van der Waals surface area contributed by atoms with E-state index in [1.54, 1.807) is 0 Å². The summed E-state index contributed by atoms with van der Waals surface area (Å²) in [5.41, 5.74) is 1.21. The van der Waals surface area contributed by atoms with Crippen molar-refractivity contribution in [2.24, 2.45) is 11.8 Å². The van der Waals surface area contributed by atoms with E-state index in [1.807, 2.05) is 11.3 Å². The van der Waals surface area contributed by atoms with Gasteiger partial charge in [-0.15, -0.1) is 11.3 Å². The van der Waals surface area contributed by atoms with Crippen LogP contribution in [0.5, 0.6) is 0 Å². The quantitative estimate of drug-likeness (QED) is 0.790. The second-order valence-corrected chi connectivity index (χ2v) is 6.96. The van der Waals surface area contributed by atoms with Crippen molar-refractivity contribution < 1.29 is 0 Å². The fourth-order valence-corrected chi connectivity index (χ4v) is 3.43. The molecule has 2 aliphatic carbocycles. The average Bonchev–Trinajstić information content (AvgIpc) is 3.31. The molecule has 2 fully saturated rings. The number of hydrogen-bond donors (Lipinski definition) is 1. The van der Waals surface area contributed by atoms with Crippen molar-refractivity contribution in [2.45, 2.75) is 45.6 Å². The molecule has 0 radical (unpaired) electrons. The van der Waals surface area contributed by atoms with Crippen molar-refractivity contribution in [3.8, 4) is 0 Å². The van der Waals surface area contributed by atoms with Crippen molar-refractivity contribution in [2.75, 3.05) is 24.5 Å². The van der Waals surface area contributed by atoms with E-state index < -0.39 is 0 Å². The number of anilines is 1. The third kappa shape index (κ3) is 3.69. The molecule has 106 valence electrons. The lowest BCUT2D eigenvalue weighted by Crippen LogP contribution is -2.28. The molecule has 2 saturated carbocycles. The maximum atomic E-state index is 4.87. The summed E-state index contributed by atoms with van der Waals surface area (Å²) in [5.74, 6) is 1.88. The fraction of sp³-hybridized carbons (Fsp3) is 0.800. The first kappa shape index (κ1) is 13.4. The van der Waals surface area contributed by atoms with Gasteiger partial charge in [-0.3, -0.25) is 0 Å². The van der Waals surface area contributed by atoms with Crippen LogP contribution in [0, 0.1) is 11.8 Å². The van der Waals surface area contributed by atoms with Gasteiger partial charge in [0.15, 0.2) is 5.13 Å². The van der Waals surface area contributed by atoms with Gasteiger partial charge in [0.25, 0.3) is 0 Å². The van der Waals surface area contributed by atoms with Crippen molar-refractivity contribution in [1.29, 1.82) is 0 Å². The van der Waals surface area contributed by atoms with Gasteiger partial charge in [0.05, 0.1) is 5.69 Å². The topological polar surface area (TPSA) is 28.2 Å². The van der Waals surface area contributed by atoms with Crippen molar-refractivity contribution in [3.63, 3.8) is 0 Å². The number of hydrogen-bond acceptors (Lipinski definition) is 4. The Morgan fingerprint density at radius 1 is 1.32 bits per heavy atom. The number of aromatic nitrogens is 1. The van der Waals surface area contributed by atoms with Gasteiger partial charge in [-0.2, -0.15) is 0 Å². The Labute approximate surface area is 120 Å². The summed E-state index contributed by atoms with van der Waals surface area (Å²) in [6.45, 7) is 7.82. The standard InChI is InChI=1S/C15H25N3S/c1-3-16-11(2)14-10-19-15(17-14)18(8-12-4-5-12)9-13-6-7-13/h10-13,16H,3-9H2,1-2H3. The molecule has 1 aromatic heterocycles. The molecule has 0 amide bonds. The summed E-state index contributed by atoms with van der Waals surface area (Å²) in [4.78, 5) is 7.43. The molecule has 0 bridgehead atoms. The normalized spacial score (nSPS) is 20.5. The van der Waals surface area contributed by atoms with Crippen molar-refractivity contribution >= 4 is 16.5 Å². The summed E-state index contributed by atoms with van der Waals surface area (Å²) in [5, 5.41) is 6.93. The maximum Gasteiger partial charge on any atom is 0.185 e. The van der Waals surface area contributed by atoms with Crippen LogP contribution in [0.4, 0.5) is 5.13 Å². The minimum atomic E-state index is 0.374. The van der Waals surface area contributed by atoms with Gasteiger partial charge in [0, 0.05) is 24.5 Å². The molecule has 2 aliphatic rings. The number of nitrogens with one attached hydrogen (secondary N) is 1. The van der Waals surface area contributed by atoms with Crippen LogP contribution in [0.3, 0.4) is 0 Å². The highest BCUT2D eigenvalue weighted by atomic mass is 32.1. The first-order valence-electron chi connectivity index (χ1n) is 7.70. The number of thiazole rings is 1. The van der Waals surface area contributed by atoms with Crippen LogP contribution >= 0.6 is 11.3 Å². The van der Waals surface area contributed by atoms with Gasteiger partial charge in [-0.25, -0.2) is 4.98 Å². The Bertz CT molecular complexity index is 395. The summed E-state index contributed by atoms with van der Waals surface area (Å²) >= 11 is 1.83. The van der Waals surface area contributed by atoms with E-state index in [0.29, 0.717) is 6.04 Å². The van der Waals surface area contributed by atoms with E-state index in [9.17, 15) is 0 Å². The zero-order chi connectivity index (χ0) is 13.2. The van der Waals surface area contributed by atoms with Crippen LogP contribution in [0.15, 0.2) is 5.38 Å². The lowest BCUT2D eigenvalue weighted by molar-refractivity contribution is 0.584. The maximum absolute atomic E-state index is 4.87. The molecule has 1 N–H and O–H groups in total. The molecule has 1 aromatic rings. The highest BCUT2D eigenvalue weighted by molar-refractivity contribution is 7.13. The summed E-state index contributed by atoms with van der Waals surface area (Å²) < 4.78 is 0. The second kappa shape index (κ2) is 5.80. The van der Waals surface area contributed by atoms with Crippen LogP contribution < -0.4 is 10.2 Å². The van der Waals surface area contributed by atoms with Gasteiger partial charge in [-0.1, -0.05) is 6.92 Å². The SMILES string of the molecule is CCNC(C)c1csc(N(CC2CC2)CC2CC2)n1. The summed E-state index contributed by atoms with van der Waals surface area (Å²) in [7, 11) is 0. The highest BCUT2D eigenvalue weighted by Crippen LogP contribution is 2.36. The Morgan fingerprint density at radius 3 is 2.47 bits per heavy atom. The fourth-order valence-electron chi connectivity index (χ4n) is 2.49. The Morgan fingerprint density at radius 2 is 1.95 bits per heavy atom. The molecule has 0 saturated heterocycles. The van der Waals surface area contributed by atoms with Crippen LogP contribution in [0.25, 0.3) is 0 Å². The van der Waals surface area contributed by atoms with E-state index in [2.05, 4.69) is 29.4 Å². The molecular weight excluding hydrogens is 254 g/mol. The molecule has 0 spiro atoms. The summed E-state index contributed by atoms with van der Waals surface area (Å²) in [6, 6.07) is 0.374. The van der Waals surface area contributed by atoms with Crippen LogP contribution in [0.1, 0.15) is 51.3 Å². The predicted molar refractivity (Wildman–Crippen MR) is 81.9 cm³/mol. The van der Waals surface area contributed by atoms with Crippen molar-refractivity contribution in [1.82, 2.24) is 10.3 Å². The Kier molecular flexibility index (Phi) is 4.08. The molecular formula is C15H25N3S. The molecule has 0 aromatic carbocycles. The molecule has 1 atom stereocenters. The van der Waals surface area contributed by atoms with E-state index in [-0.39, 0.29) is 0 Å². The lowest BCUT2D eigenvalue weighted by atomic mass is 10.2. The summed E-state index contributed by atoms with van der Waals surface area (Å²) in [6.07, 6.45) is 5.70. The van der Waals surface area contributed by atoms with Gasteiger partial charge < -0.3 is 10.2 Å². The van der Waals surface area contributed by atoms with Crippen LogP contribution in [-0.4, -0.2) is 24.6 Å². The minimum absolute atomic E-state index is 0.374. The monoisotopic (exact) mass is 279 g/mol. The van der Waals surface area contributed by atoms with E-state index in [1.165, 1.54) is 49.6 Å². The lowest BCUT2D eigenvalue weighted by Gasteiger charge is -2.21. The van der Waals surface area contributed by atoms with Gasteiger partial charge in [0.2, 0.25) is 0 Å². The molecule has 3 nitrogen and oxygen atoms in total. The predicted octanol–water partition coefficient (Wildman–Crippen LogP) is 3.44. The van der Waals surface area contributed by atoms with Gasteiger partial charge >= 0.3 is 0 Å². The highest BCUT2D eigenvalue weighted by Gasteiger charge is 2.30.